The largest absolute Gasteiger partial charge is 0.465 e. The van der Waals surface area contributed by atoms with E-state index in [1.54, 1.807) is 6.92 Å². The lowest BCUT2D eigenvalue weighted by atomic mass is 10.1. The highest BCUT2D eigenvalue weighted by atomic mass is 16.5. The number of hydrogen-bond donors (Lipinski definition) is 1. The summed E-state index contributed by atoms with van der Waals surface area (Å²) >= 11 is 0. The van der Waals surface area contributed by atoms with Crippen molar-refractivity contribution in [2.75, 3.05) is 6.61 Å². The molecule has 0 saturated carbocycles. The summed E-state index contributed by atoms with van der Waals surface area (Å²) in [5.41, 5.74) is 6.74. The van der Waals surface area contributed by atoms with Gasteiger partial charge in [0.05, 0.1) is 6.61 Å². The number of nitrogens with two attached hydrogens (primary N) is 1. The van der Waals surface area contributed by atoms with Crippen LogP contribution in [0.15, 0.2) is 54.6 Å². The van der Waals surface area contributed by atoms with Crippen LogP contribution in [-0.4, -0.2) is 18.6 Å². The first kappa shape index (κ1) is 15.1. The Morgan fingerprint density at radius 3 is 2.48 bits per heavy atom. The number of carbonyl (C=O) groups is 1. The molecular formula is C17H19NO3. The molecule has 0 fully saturated rings. The number of esters is 1. The number of carbonyl (C=O) groups excluding carboxylic acids is 1. The van der Waals surface area contributed by atoms with Gasteiger partial charge in [-0.1, -0.05) is 36.4 Å². The van der Waals surface area contributed by atoms with E-state index in [2.05, 4.69) is 0 Å². The zero-order valence-corrected chi connectivity index (χ0v) is 12.0. The Hall–Kier alpha value is -2.33. The molecule has 2 aromatic carbocycles. The molecule has 110 valence electrons. The molecule has 2 aromatic rings. The van der Waals surface area contributed by atoms with Crippen LogP contribution in [0, 0.1) is 0 Å². The van der Waals surface area contributed by atoms with Crippen LogP contribution in [0.5, 0.6) is 11.5 Å². The minimum absolute atomic E-state index is 0.328. The predicted molar refractivity (Wildman–Crippen MR) is 81.3 cm³/mol. The van der Waals surface area contributed by atoms with Crippen LogP contribution in [0.4, 0.5) is 0 Å². The first-order valence-electron chi connectivity index (χ1n) is 6.93. The van der Waals surface area contributed by atoms with E-state index in [-0.39, 0.29) is 0 Å². The summed E-state index contributed by atoms with van der Waals surface area (Å²) in [6.45, 7) is 2.09. The summed E-state index contributed by atoms with van der Waals surface area (Å²) in [5, 5.41) is 0. The molecule has 0 aromatic heterocycles. The summed E-state index contributed by atoms with van der Waals surface area (Å²) in [4.78, 5) is 11.6. The SMILES string of the molecule is CCOC(=O)[C@@H](N)Cc1ccccc1Oc1ccccc1. The highest BCUT2D eigenvalue weighted by Crippen LogP contribution is 2.25. The van der Waals surface area contributed by atoms with Crippen LogP contribution in [0.2, 0.25) is 0 Å². The molecule has 1 atom stereocenters. The molecule has 0 saturated heterocycles. The van der Waals surface area contributed by atoms with Crippen LogP contribution in [0.1, 0.15) is 12.5 Å². The maximum absolute atomic E-state index is 11.6. The first-order valence-corrected chi connectivity index (χ1v) is 6.93. The van der Waals surface area contributed by atoms with Gasteiger partial charge >= 0.3 is 5.97 Å². The summed E-state index contributed by atoms with van der Waals surface area (Å²) in [5.74, 6) is 1.05. The highest BCUT2D eigenvalue weighted by molar-refractivity contribution is 5.76. The predicted octanol–water partition coefficient (Wildman–Crippen LogP) is 2.91. The molecule has 0 spiro atoms. The molecule has 0 aliphatic rings. The normalized spacial score (nSPS) is 11.7. The van der Waals surface area contributed by atoms with Crippen molar-refractivity contribution >= 4 is 5.97 Å². The van der Waals surface area contributed by atoms with Crippen molar-refractivity contribution in [3.05, 3.63) is 60.2 Å². The smallest absolute Gasteiger partial charge is 0.323 e. The van der Waals surface area contributed by atoms with Crippen molar-refractivity contribution in [1.29, 1.82) is 0 Å². The second-order valence-corrected chi connectivity index (χ2v) is 4.59. The lowest BCUT2D eigenvalue weighted by Gasteiger charge is -2.14. The molecule has 4 heteroatoms. The molecule has 0 heterocycles. The Bertz CT molecular complexity index is 584. The second kappa shape index (κ2) is 7.45. The number of benzene rings is 2. The maximum Gasteiger partial charge on any atom is 0.323 e. The average molecular weight is 285 g/mol. The third kappa shape index (κ3) is 4.33. The molecule has 0 radical (unpaired) electrons. The fourth-order valence-electron chi connectivity index (χ4n) is 1.96. The van der Waals surface area contributed by atoms with Gasteiger partial charge in [-0.2, -0.15) is 0 Å². The monoisotopic (exact) mass is 285 g/mol. The molecule has 0 aliphatic carbocycles. The van der Waals surface area contributed by atoms with Crippen LogP contribution >= 0.6 is 0 Å². The van der Waals surface area contributed by atoms with Crippen LogP contribution in [0.25, 0.3) is 0 Å². The van der Waals surface area contributed by atoms with E-state index >= 15 is 0 Å². The summed E-state index contributed by atoms with van der Waals surface area (Å²) in [6.07, 6.45) is 0.377. The minimum Gasteiger partial charge on any atom is -0.465 e. The van der Waals surface area contributed by atoms with Gasteiger partial charge in [-0.15, -0.1) is 0 Å². The zero-order chi connectivity index (χ0) is 15.1. The van der Waals surface area contributed by atoms with Crippen molar-refractivity contribution in [3.63, 3.8) is 0 Å². The van der Waals surface area contributed by atoms with Gasteiger partial charge in [0.1, 0.15) is 17.5 Å². The van der Waals surface area contributed by atoms with Crippen molar-refractivity contribution in [3.8, 4) is 11.5 Å². The van der Waals surface area contributed by atoms with Crippen molar-refractivity contribution in [2.24, 2.45) is 5.73 Å². The summed E-state index contributed by atoms with van der Waals surface area (Å²) in [7, 11) is 0. The Morgan fingerprint density at radius 1 is 1.10 bits per heavy atom. The fraction of sp³-hybridized carbons (Fsp3) is 0.235. The van der Waals surface area contributed by atoms with Crippen LogP contribution in [-0.2, 0) is 16.0 Å². The molecule has 0 unspecified atom stereocenters. The minimum atomic E-state index is -0.689. The van der Waals surface area contributed by atoms with E-state index in [4.69, 9.17) is 15.2 Å². The number of rotatable bonds is 6. The summed E-state index contributed by atoms with van der Waals surface area (Å²) < 4.78 is 10.8. The van der Waals surface area contributed by atoms with E-state index in [1.165, 1.54) is 0 Å². The number of hydrogen-bond acceptors (Lipinski definition) is 4. The Balaban J connectivity index is 2.12. The lowest BCUT2D eigenvalue weighted by Crippen LogP contribution is -2.34. The Labute approximate surface area is 124 Å². The molecule has 21 heavy (non-hydrogen) atoms. The van der Waals surface area contributed by atoms with Gasteiger partial charge in [0.15, 0.2) is 0 Å². The Morgan fingerprint density at radius 2 is 1.76 bits per heavy atom. The molecule has 2 rings (SSSR count). The van der Waals surface area contributed by atoms with Crippen LogP contribution in [0.3, 0.4) is 0 Å². The zero-order valence-electron chi connectivity index (χ0n) is 12.0. The summed E-state index contributed by atoms with van der Waals surface area (Å²) in [6, 6.07) is 16.3. The second-order valence-electron chi connectivity index (χ2n) is 4.59. The molecule has 2 N–H and O–H groups in total. The number of para-hydroxylation sites is 2. The van der Waals surface area contributed by atoms with Gasteiger partial charge in [0, 0.05) is 6.42 Å². The molecule has 0 amide bonds. The van der Waals surface area contributed by atoms with Gasteiger partial charge in [0.25, 0.3) is 0 Å². The highest BCUT2D eigenvalue weighted by Gasteiger charge is 2.17. The van der Waals surface area contributed by atoms with E-state index in [9.17, 15) is 4.79 Å². The average Bonchev–Trinajstić information content (AvgIpc) is 2.50. The first-order chi connectivity index (χ1) is 10.2. The fourth-order valence-corrected chi connectivity index (χ4v) is 1.96. The van der Waals surface area contributed by atoms with Gasteiger partial charge in [-0.3, -0.25) is 4.79 Å². The van der Waals surface area contributed by atoms with Gasteiger partial charge in [-0.25, -0.2) is 0 Å². The quantitative estimate of drug-likeness (QED) is 0.829. The van der Waals surface area contributed by atoms with Gasteiger partial charge in [-0.05, 0) is 30.7 Å². The van der Waals surface area contributed by atoms with Gasteiger partial charge < -0.3 is 15.2 Å². The Kier molecular flexibility index (Phi) is 5.35. The van der Waals surface area contributed by atoms with Crippen molar-refractivity contribution < 1.29 is 14.3 Å². The molecular weight excluding hydrogens is 266 g/mol. The maximum atomic E-state index is 11.6. The van der Waals surface area contributed by atoms with E-state index in [0.29, 0.717) is 18.8 Å². The molecule has 0 aliphatic heterocycles. The van der Waals surface area contributed by atoms with E-state index in [0.717, 1.165) is 11.3 Å². The molecule has 0 bridgehead atoms. The third-order valence-corrected chi connectivity index (χ3v) is 2.97. The van der Waals surface area contributed by atoms with Gasteiger partial charge in [0.2, 0.25) is 0 Å². The molecule has 4 nitrogen and oxygen atoms in total. The van der Waals surface area contributed by atoms with Crippen LogP contribution < -0.4 is 10.5 Å². The van der Waals surface area contributed by atoms with E-state index < -0.39 is 12.0 Å². The topological polar surface area (TPSA) is 61.5 Å². The van der Waals surface area contributed by atoms with E-state index in [1.807, 2.05) is 54.6 Å². The lowest BCUT2D eigenvalue weighted by molar-refractivity contribution is -0.144. The van der Waals surface area contributed by atoms with Crippen molar-refractivity contribution in [1.82, 2.24) is 0 Å². The number of ether oxygens (including phenoxy) is 2. The third-order valence-electron chi connectivity index (χ3n) is 2.97. The van der Waals surface area contributed by atoms with Crippen molar-refractivity contribution in [2.45, 2.75) is 19.4 Å². The standard InChI is InChI=1S/C17H19NO3/c1-2-20-17(19)15(18)12-13-8-6-7-11-16(13)21-14-9-4-3-5-10-14/h3-11,15H,2,12,18H2,1H3/t15-/m0/s1.